The number of nitrogens with one attached hydrogen (secondary N) is 2. The molecule has 0 saturated heterocycles. The number of methoxy groups -OCH3 is 1. The van der Waals surface area contributed by atoms with E-state index in [-0.39, 0.29) is 11.1 Å². The van der Waals surface area contributed by atoms with E-state index in [2.05, 4.69) is 10.6 Å². The number of rotatable bonds is 10. The maximum Gasteiger partial charge on any atom is 0.256 e. The van der Waals surface area contributed by atoms with Crippen LogP contribution in [0.15, 0.2) is 66.7 Å². The maximum absolute atomic E-state index is 14.2. The third-order valence-corrected chi connectivity index (χ3v) is 5.06. The number of ether oxygens (including phenoxy) is 2. The van der Waals surface area contributed by atoms with E-state index in [0.717, 1.165) is 25.0 Å². The molecule has 0 aliphatic rings. The molecule has 0 bridgehead atoms. The average Bonchev–Trinajstić information content (AvgIpc) is 2.84. The fraction of sp³-hybridized carbons (Fsp3) is 0.231. The van der Waals surface area contributed by atoms with Gasteiger partial charge in [-0.1, -0.05) is 43.7 Å². The van der Waals surface area contributed by atoms with Crippen LogP contribution in [0.5, 0.6) is 11.5 Å². The first-order valence-corrected chi connectivity index (χ1v) is 10.9. The molecule has 34 heavy (non-hydrogen) atoms. The van der Waals surface area contributed by atoms with Crippen molar-refractivity contribution in [2.45, 2.75) is 25.9 Å². The number of amides is 2. The lowest BCUT2D eigenvalue weighted by Crippen LogP contribution is -2.41. The molecule has 6 nitrogen and oxygen atoms in total. The Labute approximate surface area is 196 Å². The first-order chi connectivity index (χ1) is 16.4. The lowest BCUT2D eigenvalue weighted by molar-refractivity contribution is 0.0879. The van der Waals surface area contributed by atoms with Gasteiger partial charge in [0, 0.05) is 0 Å². The summed E-state index contributed by atoms with van der Waals surface area (Å²) in [6.07, 6.45) is 0.718. The molecule has 178 valence electrons. The van der Waals surface area contributed by atoms with E-state index in [1.54, 1.807) is 18.2 Å². The van der Waals surface area contributed by atoms with Crippen molar-refractivity contribution in [3.63, 3.8) is 0 Å². The molecule has 0 radical (unpaired) electrons. The number of halogens is 2. The summed E-state index contributed by atoms with van der Waals surface area (Å²) in [6.45, 7) is 2.55. The van der Waals surface area contributed by atoms with E-state index in [9.17, 15) is 18.4 Å². The second-order valence-electron chi connectivity index (χ2n) is 7.45. The largest absolute Gasteiger partial charge is 0.493 e. The zero-order chi connectivity index (χ0) is 24.5. The predicted octanol–water partition coefficient (Wildman–Crippen LogP) is 5.01. The van der Waals surface area contributed by atoms with Crippen LogP contribution in [0, 0.1) is 11.6 Å². The second kappa shape index (κ2) is 11.8. The molecule has 0 fully saturated rings. The molecule has 0 aromatic heterocycles. The van der Waals surface area contributed by atoms with E-state index in [1.165, 1.54) is 43.5 Å². The van der Waals surface area contributed by atoms with Gasteiger partial charge in [0.2, 0.25) is 0 Å². The summed E-state index contributed by atoms with van der Waals surface area (Å²) in [5.41, 5.74) is 0.0346. The Balaban J connectivity index is 1.92. The van der Waals surface area contributed by atoms with Crippen molar-refractivity contribution in [3.05, 3.63) is 95.1 Å². The van der Waals surface area contributed by atoms with Crippen LogP contribution in [0.3, 0.4) is 0 Å². The molecular weight excluding hydrogens is 442 g/mol. The van der Waals surface area contributed by atoms with Crippen LogP contribution in [0.2, 0.25) is 0 Å². The quantitative estimate of drug-likeness (QED) is 0.324. The van der Waals surface area contributed by atoms with Crippen LogP contribution in [0.1, 0.15) is 52.2 Å². The minimum Gasteiger partial charge on any atom is -0.493 e. The number of carbonyl (C=O) groups excluding carboxylic acids is 2. The van der Waals surface area contributed by atoms with Gasteiger partial charge in [-0.15, -0.1) is 0 Å². The van der Waals surface area contributed by atoms with Crippen molar-refractivity contribution < 1.29 is 27.8 Å². The minimum absolute atomic E-state index is 0.195. The fourth-order valence-electron chi connectivity index (χ4n) is 3.22. The smallest absolute Gasteiger partial charge is 0.256 e. The zero-order valence-corrected chi connectivity index (χ0v) is 18.9. The molecular formula is C26H26F2N2O4. The van der Waals surface area contributed by atoms with E-state index in [1.807, 2.05) is 6.92 Å². The van der Waals surface area contributed by atoms with E-state index in [0.29, 0.717) is 23.7 Å². The van der Waals surface area contributed by atoms with Gasteiger partial charge in [0.05, 0.1) is 24.8 Å². The Hall–Kier alpha value is -3.94. The molecule has 0 unspecified atom stereocenters. The van der Waals surface area contributed by atoms with Crippen LogP contribution in [0.4, 0.5) is 8.78 Å². The summed E-state index contributed by atoms with van der Waals surface area (Å²) >= 11 is 0. The summed E-state index contributed by atoms with van der Waals surface area (Å²) in [7, 11) is 1.47. The van der Waals surface area contributed by atoms with Crippen molar-refractivity contribution in [3.8, 4) is 11.5 Å². The lowest BCUT2D eigenvalue weighted by atomic mass is 10.1. The Kier molecular flexibility index (Phi) is 8.56. The highest BCUT2D eigenvalue weighted by atomic mass is 19.1. The van der Waals surface area contributed by atoms with Crippen molar-refractivity contribution >= 4 is 11.8 Å². The molecule has 0 atom stereocenters. The first kappa shape index (κ1) is 24.7. The number of unbranched alkanes of at least 4 members (excludes halogenated alkanes) is 1. The van der Waals surface area contributed by atoms with Gasteiger partial charge in [-0.3, -0.25) is 9.59 Å². The summed E-state index contributed by atoms with van der Waals surface area (Å²) in [6, 6.07) is 15.8. The van der Waals surface area contributed by atoms with Gasteiger partial charge >= 0.3 is 0 Å². The Morgan fingerprint density at radius 1 is 0.853 bits per heavy atom. The highest BCUT2D eigenvalue weighted by Crippen LogP contribution is 2.30. The normalized spacial score (nSPS) is 10.6. The number of benzene rings is 3. The van der Waals surface area contributed by atoms with Gasteiger partial charge < -0.3 is 20.1 Å². The average molecular weight is 469 g/mol. The molecule has 3 aromatic carbocycles. The van der Waals surface area contributed by atoms with Crippen molar-refractivity contribution in [2.75, 3.05) is 13.7 Å². The van der Waals surface area contributed by atoms with Crippen LogP contribution in [-0.4, -0.2) is 25.5 Å². The second-order valence-corrected chi connectivity index (χ2v) is 7.45. The first-order valence-electron chi connectivity index (χ1n) is 10.9. The van der Waals surface area contributed by atoms with Crippen molar-refractivity contribution in [1.29, 1.82) is 0 Å². The highest BCUT2D eigenvalue weighted by Gasteiger charge is 2.23. The molecule has 0 aliphatic carbocycles. The lowest BCUT2D eigenvalue weighted by Gasteiger charge is -2.22. The topological polar surface area (TPSA) is 76.7 Å². The van der Waals surface area contributed by atoms with Crippen LogP contribution >= 0.6 is 0 Å². The van der Waals surface area contributed by atoms with Gasteiger partial charge in [0.15, 0.2) is 11.5 Å². The summed E-state index contributed by atoms with van der Waals surface area (Å²) < 4.78 is 39.5. The van der Waals surface area contributed by atoms with Gasteiger partial charge in [-0.25, -0.2) is 8.78 Å². The van der Waals surface area contributed by atoms with Gasteiger partial charge in [-0.05, 0) is 48.4 Å². The molecule has 0 saturated carbocycles. The van der Waals surface area contributed by atoms with Gasteiger partial charge in [0.1, 0.15) is 17.8 Å². The summed E-state index contributed by atoms with van der Waals surface area (Å²) in [5.74, 6) is -2.04. The number of hydrogen-bond acceptors (Lipinski definition) is 4. The monoisotopic (exact) mass is 468 g/mol. The number of carbonyl (C=O) groups is 2. The van der Waals surface area contributed by atoms with E-state index < -0.39 is 29.6 Å². The number of hydrogen-bond donors (Lipinski definition) is 2. The molecule has 3 rings (SSSR count). The fourth-order valence-corrected chi connectivity index (χ4v) is 3.22. The molecule has 2 N–H and O–H groups in total. The Morgan fingerprint density at radius 3 is 1.91 bits per heavy atom. The van der Waals surface area contributed by atoms with Crippen molar-refractivity contribution in [1.82, 2.24) is 10.6 Å². The third-order valence-electron chi connectivity index (χ3n) is 5.06. The van der Waals surface area contributed by atoms with Crippen LogP contribution in [-0.2, 0) is 0 Å². The molecule has 3 aromatic rings. The minimum atomic E-state index is -1.11. The van der Waals surface area contributed by atoms with E-state index in [4.69, 9.17) is 9.47 Å². The van der Waals surface area contributed by atoms with Crippen molar-refractivity contribution in [2.24, 2.45) is 0 Å². The third kappa shape index (κ3) is 6.10. The standard InChI is InChI=1S/C26H26F2N2O4/c1-3-4-15-34-22-14-13-17(16-23(22)33-2)24(29-25(31)18-9-5-7-11-20(18)27)30-26(32)19-10-6-8-12-21(19)28/h5-14,16,24H,3-4,15H2,1-2H3,(H,29,31)(H,30,32). The van der Waals surface area contributed by atoms with Gasteiger partial charge in [0.25, 0.3) is 11.8 Å². The van der Waals surface area contributed by atoms with E-state index >= 15 is 0 Å². The maximum atomic E-state index is 14.2. The Morgan fingerprint density at radius 2 is 1.41 bits per heavy atom. The summed E-state index contributed by atoms with van der Waals surface area (Å²) in [5, 5.41) is 5.21. The molecule has 2 amide bonds. The zero-order valence-electron chi connectivity index (χ0n) is 18.9. The molecule has 8 heteroatoms. The Bertz CT molecular complexity index is 1090. The predicted molar refractivity (Wildman–Crippen MR) is 124 cm³/mol. The molecule has 0 aliphatic heterocycles. The van der Waals surface area contributed by atoms with Gasteiger partial charge in [-0.2, -0.15) is 0 Å². The molecule has 0 heterocycles. The SMILES string of the molecule is CCCCOc1ccc(C(NC(=O)c2ccccc2F)NC(=O)c2ccccc2F)cc1OC. The molecule has 0 spiro atoms. The van der Waals surface area contributed by atoms with Crippen LogP contribution < -0.4 is 20.1 Å². The summed E-state index contributed by atoms with van der Waals surface area (Å²) in [4.78, 5) is 25.6. The highest BCUT2D eigenvalue weighted by molar-refractivity contribution is 5.97. The van der Waals surface area contributed by atoms with Crippen LogP contribution in [0.25, 0.3) is 0 Å².